The Kier molecular flexibility index (Phi) is 3.93. The van der Waals surface area contributed by atoms with E-state index >= 15 is 0 Å². The number of nitrogens with zero attached hydrogens (tertiary/aromatic N) is 1. The highest BCUT2D eigenvalue weighted by atomic mass is 32.1. The Balaban J connectivity index is 2.10. The molecule has 0 aliphatic carbocycles. The van der Waals surface area contributed by atoms with E-state index in [0.717, 1.165) is 0 Å². The van der Waals surface area contributed by atoms with Gasteiger partial charge in [0.1, 0.15) is 5.69 Å². The summed E-state index contributed by atoms with van der Waals surface area (Å²) < 4.78 is 5.14. The molecule has 2 aromatic heterocycles. The predicted molar refractivity (Wildman–Crippen MR) is 65.8 cm³/mol. The normalized spacial score (nSPS) is 12.1. The van der Waals surface area contributed by atoms with Crippen LogP contribution >= 0.6 is 11.3 Å². The minimum atomic E-state index is -1.35. The van der Waals surface area contributed by atoms with E-state index in [1.54, 1.807) is 12.1 Å². The summed E-state index contributed by atoms with van der Waals surface area (Å²) in [6.07, 6.45) is 1.49. The van der Waals surface area contributed by atoms with Crippen molar-refractivity contribution in [1.82, 2.24) is 10.3 Å². The second kappa shape index (κ2) is 5.63. The van der Waals surface area contributed by atoms with Crippen molar-refractivity contribution in [2.24, 2.45) is 0 Å². The van der Waals surface area contributed by atoms with Crippen LogP contribution in [0.1, 0.15) is 10.5 Å². The van der Waals surface area contributed by atoms with Crippen LogP contribution in [-0.2, 0) is 4.79 Å². The van der Waals surface area contributed by atoms with Crippen molar-refractivity contribution in [3.05, 3.63) is 29.5 Å². The molecule has 3 N–H and O–H groups in total. The molecule has 1 atom stereocenters. The minimum Gasteiger partial charge on any atom is -0.480 e. The SMILES string of the molecule is O=C(NC(CO)C(=O)O)c1csc(-c2ccco2)n1. The maximum absolute atomic E-state index is 11.7. The van der Waals surface area contributed by atoms with Gasteiger partial charge in [0, 0.05) is 5.38 Å². The molecule has 0 fully saturated rings. The standard InChI is InChI=1S/C11H10N2O5S/c14-4-6(11(16)17)12-9(15)7-5-19-10(13-7)8-2-1-3-18-8/h1-3,5-6,14H,4H2,(H,12,15)(H,16,17). The maximum Gasteiger partial charge on any atom is 0.328 e. The van der Waals surface area contributed by atoms with Crippen LogP contribution in [0.15, 0.2) is 28.2 Å². The first kappa shape index (κ1) is 13.2. The van der Waals surface area contributed by atoms with Crippen LogP contribution in [-0.4, -0.2) is 39.7 Å². The fourth-order valence-corrected chi connectivity index (χ4v) is 2.08. The zero-order valence-corrected chi connectivity index (χ0v) is 10.4. The molecule has 2 heterocycles. The summed E-state index contributed by atoms with van der Waals surface area (Å²) in [5.74, 6) is -1.44. The van der Waals surface area contributed by atoms with Gasteiger partial charge in [0.15, 0.2) is 16.8 Å². The van der Waals surface area contributed by atoms with E-state index in [0.29, 0.717) is 10.8 Å². The lowest BCUT2D eigenvalue weighted by atomic mass is 10.3. The van der Waals surface area contributed by atoms with Gasteiger partial charge in [0.05, 0.1) is 12.9 Å². The lowest BCUT2D eigenvalue weighted by Gasteiger charge is -2.09. The largest absolute Gasteiger partial charge is 0.480 e. The number of hydrogen-bond donors (Lipinski definition) is 3. The molecule has 100 valence electrons. The summed E-state index contributed by atoms with van der Waals surface area (Å²) >= 11 is 1.20. The molecular weight excluding hydrogens is 272 g/mol. The van der Waals surface area contributed by atoms with Gasteiger partial charge in [0.2, 0.25) is 0 Å². The van der Waals surface area contributed by atoms with Crippen LogP contribution in [0.2, 0.25) is 0 Å². The average molecular weight is 282 g/mol. The molecular formula is C11H10N2O5S. The van der Waals surface area contributed by atoms with Gasteiger partial charge in [-0.05, 0) is 12.1 Å². The summed E-state index contributed by atoms with van der Waals surface area (Å²) in [5.41, 5.74) is 0.0797. The monoisotopic (exact) mass is 282 g/mol. The number of hydrogen-bond acceptors (Lipinski definition) is 6. The Morgan fingerprint density at radius 3 is 2.89 bits per heavy atom. The molecule has 2 aromatic rings. The van der Waals surface area contributed by atoms with Crippen molar-refractivity contribution >= 4 is 23.2 Å². The van der Waals surface area contributed by atoms with Crippen molar-refractivity contribution < 1.29 is 24.2 Å². The number of aliphatic hydroxyl groups excluding tert-OH is 1. The molecule has 0 aliphatic rings. The molecule has 0 radical (unpaired) electrons. The minimum absolute atomic E-state index is 0.0797. The highest BCUT2D eigenvalue weighted by molar-refractivity contribution is 7.13. The van der Waals surface area contributed by atoms with E-state index in [-0.39, 0.29) is 5.69 Å². The lowest BCUT2D eigenvalue weighted by molar-refractivity contribution is -0.140. The predicted octanol–water partition coefficient (Wildman–Crippen LogP) is 0.578. The first-order valence-corrected chi connectivity index (χ1v) is 6.13. The van der Waals surface area contributed by atoms with Gasteiger partial charge in [-0.3, -0.25) is 4.79 Å². The van der Waals surface area contributed by atoms with Gasteiger partial charge < -0.3 is 19.9 Å². The molecule has 0 saturated heterocycles. The van der Waals surface area contributed by atoms with Gasteiger partial charge in [-0.1, -0.05) is 0 Å². The first-order chi connectivity index (χ1) is 9.11. The number of carbonyl (C=O) groups is 2. The summed E-state index contributed by atoms with van der Waals surface area (Å²) in [7, 11) is 0. The number of aliphatic hydroxyl groups is 1. The van der Waals surface area contributed by atoms with Crippen LogP contribution in [0.4, 0.5) is 0 Å². The van der Waals surface area contributed by atoms with E-state index < -0.39 is 24.5 Å². The fourth-order valence-electron chi connectivity index (χ4n) is 1.31. The van der Waals surface area contributed by atoms with Gasteiger partial charge in [-0.25, -0.2) is 9.78 Å². The highest BCUT2D eigenvalue weighted by Crippen LogP contribution is 2.23. The Bertz CT molecular complexity index is 578. The fraction of sp³-hybridized carbons (Fsp3) is 0.182. The van der Waals surface area contributed by atoms with Gasteiger partial charge >= 0.3 is 5.97 Å². The Morgan fingerprint density at radius 2 is 2.32 bits per heavy atom. The smallest absolute Gasteiger partial charge is 0.328 e. The summed E-state index contributed by atoms with van der Waals surface area (Å²) in [6.45, 7) is -0.684. The molecule has 8 heteroatoms. The van der Waals surface area contributed by atoms with E-state index in [1.807, 2.05) is 0 Å². The highest BCUT2D eigenvalue weighted by Gasteiger charge is 2.21. The van der Waals surface area contributed by atoms with Gasteiger partial charge in [-0.2, -0.15) is 0 Å². The number of thiazole rings is 1. The summed E-state index contributed by atoms with van der Waals surface area (Å²) in [6, 6.07) is 2.05. The number of carboxylic acid groups (broad SMARTS) is 1. The number of aliphatic carboxylic acids is 1. The van der Waals surface area contributed by atoms with Gasteiger partial charge in [0.25, 0.3) is 5.91 Å². The topological polar surface area (TPSA) is 113 Å². The van der Waals surface area contributed by atoms with Crippen LogP contribution in [0.25, 0.3) is 10.8 Å². The van der Waals surface area contributed by atoms with Crippen LogP contribution in [0, 0.1) is 0 Å². The van der Waals surface area contributed by atoms with E-state index in [4.69, 9.17) is 14.6 Å². The molecule has 0 aliphatic heterocycles. The number of furan rings is 1. The third kappa shape index (κ3) is 2.98. The number of carboxylic acids is 1. The van der Waals surface area contributed by atoms with E-state index in [2.05, 4.69) is 10.3 Å². The molecule has 0 spiro atoms. The molecule has 0 bridgehead atoms. The number of amides is 1. The number of aromatic nitrogens is 1. The Morgan fingerprint density at radius 1 is 1.53 bits per heavy atom. The van der Waals surface area contributed by atoms with Crippen molar-refractivity contribution in [3.63, 3.8) is 0 Å². The van der Waals surface area contributed by atoms with Crippen molar-refractivity contribution in [3.8, 4) is 10.8 Å². The molecule has 1 unspecified atom stereocenters. The number of rotatable bonds is 5. The maximum atomic E-state index is 11.7. The second-order valence-corrected chi connectivity index (χ2v) is 4.42. The van der Waals surface area contributed by atoms with E-state index in [9.17, 15) is 9.59 Å². The molecule has 2 rings (SSSR count). The quantitative estimate of drug-likeness (QED) is 0.739. The third-order valence-corrected chi connectivity index (χ3v) is 3.11. The van der Waals surface area contributed by atoms with Crippen molar-refractivity contribution in [1.29, 1.82) is 0 Å². The van der Waals surface area contributed by atoms with Crippen LogP contribution < -0.4 is 5.32 Å². The lowest BCUT2D eigenvalue weighted by Crippen LogP contribution is -2.43. The zero-order valence-electron chi connectivity index (χ0n) is 9.57. The zero-order chi connectivity index (χ0) is 13.8. The second-order valence-electron chi connectivity index (χ2n) is 3.56. The molecule has 0 saturated carbocycles. The molecule has 19 heavy (non-hydrogen) atoms. The Hall–Kier alpha value is -2.19. The molecule has 0 aromatic carbocycles. The summed E-state index contributed by atoms with van der Waals surface area (Å²) in [5, 5.41) is 21.7. The average Bonchev–Trinajstić information content (AvgIpc) is 3.04. The number of nitrogens with one attached hydrogen (secondary N) is 1. The van der Waals surface area contributed by atoms with Crippen molar-refractivity contribution in [2.45, 2.75) is 6.04 Å². The van der Waals surface area contributed by atoms with Crippen molar-refractivity contribution in [2.75, 3.05) is 6.61 Å². The first-order valence-electron chi connectivity index (χ1n) is 5.25. The van der Waals surface area contributed by atoms with E-state index in [1.165, 1.54) is 23.0 Å². The summed E-state index contributed by atoms with van der Waals surface area (Å²) in [4.78, 5) is 26.4. The molecule has 7 nitrogen and oxygen atoms in total. The Labute approximate surface area is 111 Å². The van der Waals surface area contributed by atoms with Gasteiger partial charge in [-0.15, -0.1) is 11.3 Å². The van der Waals surface area contributed by atoms with Crippen LogP contribution in [0.5, 0.6) is 0 Å². The molecule has 1 amide bonds. The number of carbonyl (C=O) groups excluding carboxylic acids is 1. The van der Waals surface area contributed by atoms with Crippen LogP contribution in [0.3, 0.4) is 0 Å². The third-order valence-electron chi connectivity index (χ3n) is 2.25.